The van der Waals surface area contributed by atoms with Crippen LogP contribution >= 0.6 is 0 Å². The van der Waals surface area contributed by atoms with Gasteiger partial charge in [-0.3, -0.25) is 0 Å². The summed E-state index contributed by atoms with van der Waals surface area (Å²) in [7, 11) is 1.54. The van der Waals surface area contributed by atoms with Crippen LogP contribution in [-0.4, -0.2) is 12.3 Å². The lowest BCUT2D eigenvalue weighted by molar-refractivity contribution is 0.316. The topological polar surface area (TPSA) is 61.3 Å². The average molecular weight is 156 g/mol. The Kier molecular flexibility index (Phi) is 2.48. The molecule has 1 aromatic rings. The van der Waals surface area contributed by atoms with Crippen molar-refractivity contribution in [1.82, 2.24) is 5.16 Å². The van der Waals surface area contributed by atoms with Crippen molar-refractivity contribution >= 4 is 0 Å². The molecule has 1 unspecified atom stereocenters. The van der Waals surface area contributed by atoms with Gasteiger partial charge in [0, 0.05) is 6.07 Å². The molecule has 4 heteroatoms. The third-order valence-corrected chi connectivity index (χ3v) is 1.52. The zero-order valence-corrected chi connectivity index (χ0v) is 6.70. The van der Waals surface area contributed by atoms with Gasteiger partial charge in [-0.1, -0.05) is 6.92 Å². The minimum absolute atomic E-state index is 0.0774. The van der Waals surface area contributed by atoms with Crippen molar-refractivity contribution in [3.63, 3.8) is 0 Å². The molecule has 0 aliphatic rings. The van der Waals surface area contributed by atoms with E-state index in [-0.39, 0.29) is 6.04 Å². The second-order valence-corrected chi connectivity index (χ2v) is 2.29. The highest BCUT2D eigenvalue weighted by Gasteiger charge is 2.09. The van der Waals surface area contributed by atoms with Gasteiger partial charge in [0.05, 0.1) is 13.2 Å². The summed E-state index contributed by atoms with van der Waals surface area (Å²) in [4.78, 5) is 0. The van der Waals surface area contributed by atoms with Gasteiger partial charge in [-0.25, -0.2) is 0 Å². The molecule has 0 radical (unpaired) electrons. The summed E-state index contributed by atoms with van der Waals surface area (Å²) in [5, 5.41) is 3.63. The smallest absolute Gasteiger partial charge is 0.254 e. The largest absolute Gasteiger partial charge is 0.479 e. The van der Waals surface area contributed by atoms with E-state index in [1.165, 1.54) is 0 Å². The first kappa shape index (κ1) is 8.07. The number of nitrogens with two attached hydrogens (primary N) is 1. The number of nitrogens with zero attached hydrogens (tertiary/aromatic N) is 1. The molecule has 1 rings (SSSR count). The standard InChI is InChI=1S/C7H12N2O2/c1-3-5(8)6-4-7(10-2)9-11-6/h4-5H,3,8H2,1-2H3. The SMILES string of the molecule is CCC(N)c1cc(OC)no1. The molecule has 2 N–H and O–H groups in total. The normalized spacial score (nSPS) is 13.0. The van der Waals surface area contributed by atoms with E-state index < -0.39 is 0 Å². The van der Waals surface area contributed by atoms with Crippen LogP contribution in [0, 0.1) is 0 Å². The van der Waals surface area contributed by atoms with Gasteiger partial charge in [0.2, 0.25) is 0 Å². The Hall–Kier alpha value is -1.03. The van der Waals surface area contributed by atoms with Crippen LogP contribution in [0.5, 0.6) is 5.88 Å². The first-order chi connectivity index (χ1) is 5.27. The van der Waals surface area contributed by atoms with Gasteiger partial charge in [-0.2, -0.15) is 0 Å². The fraction of sp³-hybridized carbons (Fsp3) is 0.571. The Morgan fingerprint density at radius 2 is 2.55 bits per heavy atom. The van der Waals surface area contributed by atoms with E-state index >= 15 is 0 Å². The van der Waals surface area contributed by atoms with Crippen molar-refractivity contribution in [2.75, 3.05) is 7.11 Å². The van der Waals surface area contributed by atoms with Gasteiger partial charge in [-0.15, -0.1) is 0 Å². The molecule has 1 atom stereocenters. The summed E-state index contributed by atoms with van der Waals surface area (Å²) in [6, 6.07) is 1.63. The van der Waals surface area contributed by atoms with E-state index in [9.17, 15) is 0 Å². The first-order valence-corrected chi connectivity index (χ1v) is 3.54. The summed E-state index contributed by atoms with van der Waals surface area (Å²) in [5.74, 6) is 1.15. The number of aromatic nitrogens is 1. The molecule has 0 spiro atoms. The predicted molar refractivity (Wildman–Crippen MR) is 40.3 cm³/mol. The Balaban J connectivity index is 2.71. The van der Waals surface area contributed by atoms with Gasteiger partial charge in [0.25, 0.3) is 5.88 Å². The molecule has 1 heterocycles. The molecule has 0 bridgehead atoms. The van der Waals surface area contributed by atoms with Crippen molar-refractivity contribution in [3.8, 4) is 5.88 Å². The Morgan fingerprint density at radius 1 is 1.82 bits per heavy atom. The summed E-state index contributed by atoms with van der Waals surface area (Å²) < 4.78 is 9.74. The molecule has 62 valence electrons. The van der Waals surface area contributed by atoms with Gasteiger partial charge in [0.15, 0.2) is 5.76 Å². The molecule has 0 amide bonds. The van der Waals surface area contributed by atoms with E-state index in [2.05, 4.69) is 5.16 Å². The lowest BCUT2D eigenvalue weighted by atomic mass is 10.2. The van der Waals surface area contributed by atoms with Crippen molar-refractivity contribution in [2.24, 2.45) is 5.73 Å². The Labute approximate surface area is 65.3 Å². The second kappa shape index (κ2) is 3.39. The van der Waals surface area contributed by atoms with Gasteiger partial charge >= 0.3 is 0 Å². The molecule has 0 saturated heterocycles. The monoisotopic (exact) mass is 156 g/mol. The van der Waals surface area contributed by atoms with Crippen molar-refractivity contribution in [1.29, 1.82) is 0 Å². The second-order valence-electron chi connectivity index (χ2n) is 2.29. The highest BCUT2D eigenvalue weighted by atomic mass is 16.5. The maximum Gasteiger partial charge on any atom is 0.254 e. The lowest BCUT2D eigenvalue weighted by Crippen LogP contribution is -2.06. The number of ether oxygens (including phenoxy) is 1. The fourth-order valence-corrected chi connectivity index (χ4v) is 0.744. The molecule has 0 fully saturated rings. The first-order valence-electron chi connectivity index (χ1n) is 3.54. The van der Waals surface area contributed by atoms with Crippen LogP contribution < -0.4 is 10.5 Å². The fourth-order valence-electron chi connectivity index (χ4n) is 0.744. The molecule has 1 aromatic heterocycles. The van der Waals surface area contributed by atoms with Gasteiger partial charge in [0.1, 0.15) is 0 Å². The zero-order chi connectivity index (χ0) is 8.27. The molecule has 0 aromatic carbocycles. The third kappa shape index (κ3) is 1.71. The molecule has 4 nitrogen and oxygen atoms in total. The van der Waals surface area contributed by atoms with E-state index in [1.807, 2.05) is 6.92 Å². The van der Waals surface area contributed by atoms with Crippen molar-refractivity contribution < 1.29 is 9.26 Å². The minimum atomic E-state index is -0.0774. The lowest BCUT2D eigenvalue weighted by Gasteiger charge is -2.00. The van der Waals surface area contributed by atoms with Crippen LogP contribution in [0.25, 0.3) is 0 Å². The molecule has 11 heavy (non-hydrogen) atoms. The maximum absolute atomic E-state index is 5.67. The summed E-state index contributed by atoms with van der Waals surface area (Å²) in [6.45, 7) is 1.99. The number of hydrogen-bond acceptors (Lipinski definition) is 4. The summed E-state index contributed by atoms with van der Waals surface area (Å²) in [6.07, 6.45) is 0.832. The van der Waals surface area contributed by atoms with E-state index in [0.717, 1.165) is 6.42 Å². The van der Waals surface area contributed by atoms with Crippen molar-refractivity contribution in [3.05, 3.63) is 11.8 Å². The van der Waals surface area contributed by atoms with E-state index in [1.54, 1.807) is 13.2 Å². The third-order valence-electron chi connectivity index (χ3n) is 1.52. The van der Waals surface area contributed by atoms with Crippen LogP contribution in [0.3, 0.4) is 0 Å². The molecule has 0 saturated carbocycles. The zero-order valence-electron chi connectivity index (χ0n) is 6.70. The average Bonchev–Trinajstić information content (AvgIpc) is 2.50. The van der Waals surface area contributed by atoms with Crippen molar-refractivity contribution in [2.45, 2.75) is 19.4 Å². The van der Waals surface area contributed by atoms with Gasteiger partial charge in [-0.05, 0) is 11.6 Å². The van der Waals surface area contributed by atoms with Gasteiger partial charge < -0.3 is 15.0 Å². The highest BCUT2D eigenvalue weighted by molar-refractivity contribution is 5.13. The van der Waals surface area contributed by atoms with E-state index in [4.69, 9.17) is 15.0 Å². The van der Waals surface area contributed by atoms with Crippen LogP contribution in [0.15, 0.2) is 10.6 Å². The molecule has 0 aliphatic heterocycles. The number of hydrogen-bond donors (Lipinski definition) is 1. The quantitative estimate of drug-likeness (QED) is 0.711. The predicted octanol–water partition coefficient (Wildman–Crippen LogP) is 1.09. The highest BCUT2D eigenvalue weighted by Crippen LogP contribution is 2.18. The minimum Gasteiger partial charge on any atom is -0.479 e. The van der Waals surface area contributed by atoms with Crippen LogP contribution in [-0.2, 0) is 0 Å². The summed E-state index contributed by atoms with van der Waals surface area (Å²) >= 11 is 0. The van der Waals surface area contributed by atoms with E-state index in [0.29, 0.717) is 11.6 Å². The number of methoxy groups -OCH3 is 1. The molecular formula is C7H12N2O2. The number of rotatable bonds is 3. The molecule has 0 aliphatic carbocycles. The van der Waals surface area contributed by atoms with Crippen LogP contribution in [0.1, 0.15) is 25.1 Å². The molecular weight excluding hydrogens is 144 g/mol. The van der Waals surface area contributed by atoms with Crippen LogP contribution in [0.4, 0.5) is 0 Å². The maximum atomic E-state index is 5.67. The summed E-state index contributed by atoms with van der Waals surface area (Å²) in [5.41, 5.74) is 5.67. The Morgan fingerprint density at radius 3 is 3.00 bits per heavy atom. The van der Waals surface area contributed by atoms with Crippen LogP contribution in [0.2, 0.25) is 0 Å². The Bertz CT molecular complexity index is 222.